The second kappa shape index (κ2) is 9.71. The van der Waals surface area contributed by atoms with Crippen LogP contribution in [-0.2, 0) is 13.2 Å². The van der Waals surface area contributed by atoms with Crippen molar-refractivity contribution in [2.75, 3.05) is 0 Å². The molecular weight excluding hydrogens is 400 g/mol. The third-order valence-electron chi connectivity index (χ3n) is 5.02. The molecule has 5 heteroatoms. The lowest BCUT2D eigenvalue weighted by molar-refractivity contribution is 0.300. The van der Waals surface area contributed by atoms with E-state index in [1.807, 2.05) is 66.7 Å². The largest absolute Gasteiger partial charge is 0.508 e. The number of amidine groups is 1. The van der Waals surface area contributed by atoms with Crippen molar-refractivity contribution in [2.24, 2.45) is 5.73 Å². The number of hydrogen-bond acceptors (Lipinski definition) is 4. The Morgan fingerprint density at radius 3 is 1.66 bits per heavy atom. The molecule has 0 fully saturated rings. The molecule has 0 heterocycles. The van der Waals surface area contributed by atoms with Crippen LogP contribution in [0.1, 0.15) is 16.7 Å². The molecule has 0 bridgehead atoms. The van der Waals surface area contributed by atoms with E-state index in [1.54, 1.807) is 24.3 Å². The van der Waals surface area contributed by atoms with Crippen molar-refractivity contribution in [1.82, 2.24) is 0 Å². The fraction of sp³-hybridized carbons (Fsp3) is 0.0741. The summed E-state index contributed by atoms with van der Waals surface area (Å²) in [5, 5.41) is 16.9. The molecule has 4 N–H and O–H groups in total. The zero-order valence-electron chi connectivity index (χ0n) is 17.5. The first kappa shape index (κ1) is 21.0. The van der Waals surface area contributed by atoms with E-state index >= 15 is 0 Å². The van der Waals surface area contributed by atoms with Gasteiger partial charge in [-0.3, -0.25) is 5.41 Å². The van der Waals surface area contributed by atoms with Crippen LogP contribution in [-0.4, -0.2) is 10.9 Å². The Hall–Kier alpha value is -4.25. The Morgan fingerprint density at radius 1 is 0.688 bits per heavy atom. The Morgan fingerprint density at radius 2 is 1.16 bits per heavy atom. The molecule has 0 atom stereocenters. The van der Waals surface area contributed by atoms with Gasteiger partial charge in [0.1, 0.15) is 36.3 Å². The highest BCUT2D eigenvalue weighted by atomic mass is 16.5. The fourth-order valence-corrected chi connectivity index (χ4v) is 3.27. The number of nitrogens with one attached hydrogen (secondary N) is 1. The van der Waals surface area contributed by atoms with Gasteiger partial charge in [0, 0.05) is 5.56 Å². The Labute approximate surface area is 187 Å². The molecule has 4 aromatic carbocycles. The van der Waals surface area contributed by atoms with Gasteiger partial charge in [-0.05, 0) is 76.9 Å². The number of phenolic OH excluding ortho intramolecular Hbond substituents is 1. The number of ether oxygens (including phenoxy) is 2. The van der Waals surface area contributed by atoms with Crippen molar-refractivity contribution < 1.29 is 14.6 Å². The lowest BCUT2D eigenvalue weighted by Gasteiger charge is -2.10. The zero-order chi connectivity index (χ0) is 22.3. The highest BCUT2D eigenvalue weighted by Gasteiger charge is 2.03. The molecule has 4 aromatic rings. The quantitative estimate of drug-likeness (QED) is 0.257. The second-order valence-corrected chi connectivity index (χ2v) is 7.41. The molecule has 0 saturated heterocycles. The Bertz CT molecular complexity index is 1190. The molecular formula is C27H24N2O3. The van der Waals surface area contributed by atoms with Gasteiger partial charge in [0.05, 0.1) is 0 Å². The minimum atomic E-state index is 0.0410. The van der Waals surface area contributed by atoms with Crippen LogP contribution >= 0.6 is 0 Å². The number of rotatable bonds is 8. The lowest BCUT2D eigenvalue weighted by atomic mass is 10.1. The summed E-state index contributed by atoms with van der Waals surface area (Å²) in [6.45, 7) is 0.897. The number of nitrogens with two attached hydrogens (primary N) is 1. The number of benzene rings is 4. The van der Waals surface area contributed by atoms with E-state index in [-0.39, 0.29) is 11.6 Å². The van der Waals surface area contributed by atoms with E-state index in [0.29, 0.717) is 18.8 Å². The molecule has 0 amide bonds. The Balaban J connectivity index is 1.32. The van der Waals surface area contributed by atoms with Gasteiger partial charge < -0.3 is 20.3 Å². The minimum Gasteiger partial charge on any atom is -0.508 e. The number of hydrogen-bond donors (Lipinski definition) is 3. The van der Waals surface area contributed by atoms with Gasteiger partial charge in [0.25, 0.3) is 0 Å². The lowest BCUT2D eigenvalue weighted by Crippen LogP contribution is -2.10. The van der Waals surface area contributed by atoms with Crippen LogP contribution in [0.3, 0.4) is 0 Å². The summed E-state index contributed by atoms with van der Waals surface area (Å²) in [6.07, 6.45) is 0. The summed E-state index contributed by atoms with van der Waals surface area (Å²) in [7, 11) is 0. The van der Waals surface area contributed by atoms with Crippen LogP contribution < -0.4 is 15.2 Å². The van der Waals surface area contributed by atoms with Crippen LogP contribution in [0, 0.1) is 5.41 Å². The smallest absolute Gasteiger partial charge is 0.122 e. The van der Waals surface area contributed by atoms with Crippen molar-refractivity contribution >= 4 is 5.84 Å². The number of aromatic hydroxyl groups is 1. The maximum atomic E-state index is 9.43. The van der Waals surface area contributed by atoms with E-state index in [9.17, 15) is 5.11 Å². The summed E-state index contributed by atoms with van der Waals surface area (Å²) in [6, 6.07) is 30.3. The molecule has 4 rings (SSSR count). The third kappa shape index (κ3) is 5.46. The van der Waals surface area contributed by atoms with Gasteiger partial charge in [-0.15, -0.1) is 0 Å². The zero-order valence-corrected chi connectivity index (χ0v) is 17.5. The van der Waals surface area contributed by atoms with E-state index in [0.717, 1.165) is 33.8 Å². The molecule has 160 valence electrons. The first-order valence-corrected chi connectivity index (χ1v) is 10.2. The van der Waals surface area contributed by atoms with Gasteiger partial charge in [0.15, 0.2) is 0 Å². The molecule has 0 radical (unpaired) electrons. The minimum absolute atomic E-state index is 0.0410. The van der Waals surface area contributed by atoms with Crippen LogP contribution in [0.5, 0.6) is 17.2 Å². The molecule has 32 heavy (non-hydrogen) atoms. The van der Waals surface area contributed by atoms with Crippen molar-refractivity contribution in [3.8, 4) is 28.4 Å². The summed E-state index contributed by atoms with van der Waals surface area (Å²) in [5.41, 5.74) is 10.4. The highest BCUT2D eigenvalue weighted by molar-refractivity contribution is 5.94. The topological polar surface area (TPSA) is 88.6 Å². The average molecular weight is 425 g/mol. The highest BCUT2D eigenvalue weighted by Crippen LogP contribution is 2.24. The summed E-state index contributed by atoms with van der Waals surface area (Å²) in [4.78, 5) is 0. The molecule has 0 aromatic heterocycles. The molecule has 5 nitrogen and oxygen atoms in total. The number of phenols is 1. The Kier molecular flexibility index (Phi) is 6.37. The third-order valence-corrected chi connectivity index (χ3v) is 5.02. The predicted octanol–water partition coefficient (Wildman–Crippen LogP) is 5.50. The van der Waals surface area contributed by atoms with Crippen molar-refractivity contribution in [3.63, 3.8) is 0 Å². The van der Waals surface area contributed by atoms with E-state index < -0.39 is 0 Å². The fourth-order valence-electron chi connectivity index (χ4n) is 3.27. The molecule has 0 aliphatic rings. The van der Waals surface area contributed by atoms with Crippen molar-refractivity contribution in [2.45, 2.75) is 13.2 Å². The average Bonchev–Trinajstić information content (AvgIpc) is 2.83. The first-order chi connectivity index (χ1) is 15.6. The van der Waals surface area contributed by atoms with Gasteiger partial charge in [-0.25, -0.2) is 0 Å². The molecule has 0 unspecified atom stereocenters. The monoisotopic (exact) mass is 424 g/mol. The van der Waals surface area contributed by atoms with Gasteiger partial charge in [-0.1, -0.05) is 42.5 Å². The maximum absolute atomic E-state index is 9.43. The van der Waals surface area contributed by atoms with Gasteiger partial charge >= 0.3 is 0 Å². The molecule has 0 saturated carbocycles. The molecule has 0 aliphatic heterocycles. The van der Waals surface area contributed by atoms with Crippen LogP contribution in [0.15, 0.2) is 97.1 Å². The second-order valence-electron chi connectivity index (χ2n) is 7.41. The van der Waals surface area contributed by atoms with Crippen LogP contribution in [0.2, 0.25) is 0 Å². The summed E-state index contributed by atoms with van der Waals surface area (Å²) >= 11 is 0. The van der Waals surface area contributed by atoms with E-state index in [4.69, 9.17) is 20.6 Å². The SMILES string of the molecule is N=C(N)c1ccc(OCc2cccc(COc3ccc(-c4ccc(O)cc4)cc3)c2)cc1. The van der Waals surface area contributed by atoms with Crippen molar-refractivity contribution in [1.29, 1.82) is 5.41 Å². The van der Waals surface area contributed by atoms with Crippen LogP contribution in [0.25, 0.3) is 11.1 Å². The molecule has 0 spiro atoms. The van der Waals surface area contributed by atoms with Crippen molar-refractivity contribution in [3.05, 3.63) is 114 Å². The predicted molar refractivity (Wildman–Crippen MR) is 126 cm³/mol. The van der Waals surface area contributed by atoms with E-state index in [2.05, 4.69) is 6.07 Å². The standard InChI is InChI=1S/C27H24N2O3/c28-27(29)23-8-14-26(15-9-23)32-18-20-3-1-2-19(16-20)17-31-25-12-6-22(7-13-25)21-4-10-24(30)11-5-21/h1-16,30H,17-18H2,(H3,28,29). The normalized spacial score (nSPS) is 10.5. The summed E-state index contributed by atoms with van der Waals surface area (Å²) < 4.78 is 11.8. The summed E-state index contributed by atoms with van der Waals surface area (Å²) in [5.74, 6) is 1.82. The van der Waals surface area contributed by atoms with Gasteiger partial charge in [-0.2, -0.15) is 0 Å². The van der Waals surface area contributed by atoms with Crippen LogP contribution in [0.4, 0.5) is 0 Å². The van der Waals surface area contributed by atoms with E-state index in [1.165, 1.54) is 0 Å². The first-order valence-electron chi connectivity index (χ1n) is 10.2. The molecule has 0 aliphatic carbocycles. The number of nitrogen functional groups attached to an aromatic ring is 1. The van der Waals surface area contributed by atoms with Gasteiger partial charge in [0.2, 0.25) is 0 Å². The maximum Gasteiger partial charge on any atom is 0.122 e.